The zero-order valence-corrected chi connectivity index (χ0v) is 17.9. The second-order valence-electron chi connectivity index (χ2n) is 7.56. The fraction of sp³-hybridized carbons (Fsp3) is 0.348. The molecule has 3 aromatic rings. The van der Waals surface area contributed by atoms with Crippen LogP contribution >= 0.6 is 0 Å². The van der Waals surface area contributed by atoms with E-state index < -0.39 is 29.1 Å². The number of benzene rings is 2. The first-order valence-electron chi connectivity index (χ1n) is 9.86. The molecular weight excluding hydrogens is 401 g/mol. The number of nitrogens with one attached hydrogen (secondary N) is 1. The van der Waals surface area contributed by atoms with Crippen LogP contribution < -0.4 is 11.1 Å². The zero-order valence-electron chi connectivity index (χ0n) is 17.9. The molecule has 2 atom stereocenters. The number of aromatic nitrogens is 1. The first kappa shape index (κ1) is 22.2. The Morgan fingerprint density at radius 2 is 2.00 bits per heavy atom. The van der Waals surface area contributed by atoms with Gasteiger partial charge < -0.3 is 14.5 Å². The molecule has 31 heavy (non-hydrogen) atoms. The Labute approximate surface area is 179 Å². The summed E-state index contributed by atoms with van der Waals surface area (Å²) in [5.41, 5.74) is 1.66. The molecule has 162 valence electrons. The van der Waals surface area contributed by atoms with Crippen LogP contribution in [0.1, 0.15) is 25.8 Å². The van der Waals surface area contributed by atoms with Crippen LogP contribution in [0.25, 0.3) is 22.2 Å². The number of fused-ring (bicyclic) bond motifs is 1. The third kappa shape index (κ3) is 4.37. The van der Waals surface area contributed by atoms with Gasteiger partial charge in [0.2, 0.25) is 0 Å². The average molecular weight is 425 g/mol. The van der Waals surface area contributed by atoms with Gasteiger partial charge >= 0.3 is 5.76 Å². The summed E-state index contributed by atoms with van der Waals surface area (Å²) in [6, 6.07) is 11.0. The Bertz CT molecular complexity index is 1220. The van der Waals surface area contributed by atoms with Crippen molar-refractivity contribution in [1.82, 2.24) is 9.88 Å². The van der Waals surface area contributed by atoms with Crippen molar-refractivity contribution in [2.45, 2.75) is 38.3 Å². The first-order chi connectivity index (χ1) is 14.7. The average Bonchev–Trinajstić information content (AvgIpc) is 3.06. The van der Waals surface area contributed by atoms with Gasteiger partial charge in [0, 0.05) is 20.6 Å². The van der Waals surface area contributed by atoms with E-state index >= 15 is 0 Å². The number of nitrogens with zero attached hydrogens (tertiary/aromatic N) is 2. The van der Waals surface area contributed by atoms with Crippen molar-refractivity contribution in [2.75, 3.05) is 7.11 Å². The highest BCUT2D eigenvalue weighted by atomic mass is 19.1. The van der Waals surface area contributed by atoms with Gasteiger partial charge in [-0.25, -0.2) is 9.18 Å². The molecule has 1 aromatic heterocycles. The van der Waals surface area contributed by atoms with Gasteiger partial charge in [0.1, 0.15) is 17.5 Å². The summed E-state index contributed by atoms with van der Waals surface area (Å²) in [6.45, 7) is 3.44. The van der Waals surface area contributed by atoms with E-state index in [4.69, 9.17) is 9.15 Å². The maximum atomic E-state index is 14.8. The van der Waals surface area contributed by atoms with Crippen LogP contribution in [0.5, 0.6) is 0 Å². The molecule has 0 saturated carbocycles. The van der Waals surface area contributed by atoms with Gasteiger partial charge in [0.25, 0.3) is 5.91 Å². The van der Waals surface area contributed by atoms with E-state index in [-0.39, 0.29) is 6.42 Å². The molecule has 0 spiro atoms. The van der Waals surface area contributed by atoms with Gasteiger partial charge in [-0.15, -0.1) is 0 Å². The zero-order chi connectivity index (χ0) is 22.8. The number of methoxy groups -OCH3 is 1. The molecule has 2 aromatic carbocycles. The smallest absolute Gasteiger partial charge is 0.408 e. The molecule has 1 heterocycles. The van der Waals surface area contributed by atoms with Crippen molar-refractivity contribution in [2.24, 2.45) is 7.05 Å². The van der Waals surface area contributed by atoms with E-state index in [0.717, 1.165) is 5.56 Å². The molecular formula is C23H24FN3O4. The van der Waals surface area contributed by atoms with E-state index in [9.17, 15) is 19.2 Å². The Hall–Kier alpha value is -3.44. The standard InChI is InChI=1S/C23H24FN3O4/c1-5-23(2,30-4)21(28)26-17(13-25)10-16-7-6-14(11-18(16)24)15-8-9-20-19(12-15)27(3)22(29)31-20/h6-9,11-12,17H,5,10H2,1-4H3,(H,26,28)/t17-,23?/m0/s1. The summed E-state index contributed by atoms with van der Waals surface area (Å²) in [6.07, 6.45) is 0.455. The second-order valence-corrected chi connectivity index (χ2v) is 7.56. The lowest BCUT2D eigenvalue weighted by Gasteiger charge is -2.26. The predicted molar refractivity (Wildman–Crippen MR) is 114 cm³/mol. The maximum Gasteiger partial charge on any atom is 0.419 e. The van der Waals surface area contributed by atoms with Crippen LogP contribution in [0.4, 0.5) is 4.39 Å². The van der Waals surface area contributed by atoms with Gasteiger partial charge in [0.15, 0.2) is 5.58 Å². The molecule has 7 nitrogen and oxygen atoms in total. The fourth-order valence-corrected chi connectivity index (χ4v) is 3.26. The van der Waals surface area contributed by atoms with E-state index in [2.05, 4.69) is 5.32 Å². The summed E-state index contributed by atoms with van der Waals surface area (Å²) in [5, 5.41) is 12.1. The summed E-state index contributed by atoms with van der Waals surface area (Å²) < 4.78 is 26.6. The van der Waals surface area contributed by atoms with Crippen LogP contribution in [0.3, 0.4) is 0 Å². The molecule has 8 heteroatoms. The maximum absolute atomic E-state index is 14.8. The quantitative estimate of drug-likeness (QED) is 0.626. The topological polar surface area (TPSA) is 97.3 Å². The van der Waals surface area contributed by atoms with Crippen molar-refractivity contribution in [3.8, 4) is 17.2 Å². The Morgan fingerprint density at radius 1 is 1.32 bits per heavy atom. The lowest BCUT2D eigenvalue weighted by atomic mass is 9.98. The molecule has 0 aliphatic rings. The molecule has 1 amide bonds. The Balaban J connectivity index is 1.82. The van der Waals surface area contributed by atoms with Crippen molar-refractivity contribution in [3.63, 3.8) is 0 Å². The number of oxazole rings is 1. The third-order valence-corrected chi connectivity index (χ3v) is 5.67. The highest BCUT2D eigenvalue weighted by Gasteiger charge is 2.32. The molecule has 0 aliphatic heterocycles. The molecule has 0 bridgehead atoms. The summed E-state index contributed by atoms with van der Waals surface area (Å²) in [5.74, 6) is -1.37. The van der Waals surface area contributed by atoms with Crippen molar-refractivity contribution in [1.29, 1.82) is 5.26 Å². The van der Waals surface area contributed by atoms with E-state index in [0.29, 0.717) is 28.6 Å². The molecule has 0 fully saturated rings. The minimum atomic E-state index is -1.05. The lowest BCUT2D eigenvalue weighted by molar-refractivity contribution is -0.142. The number of rotatable bonds is 7. The second kappa shape index (κ2) is 8.74. The molecule has 0 aliphatic carbocycles. The van der Waals surface area contributed by atoms with Gasteiger partial charge in [-0.2, -0.15) is 5.26 Å². The van der Waals surface area contributed by atoms with E-state index in [1.165, 1.54) is 17.7 Å². The van der Waals surface area contributed by atoms with Crippen LogP contribution in [0, 0.1) is 17.1 Å². The van der Waals surface area contributed by atoms with Crippen molar-refractivity contribution >= 4 is 17.0 Å². The Morgan fingerprint density at radius 3 is 2.61 bits per heavy atom. The molecule has 3 rings (SSSR count). The van der Waals surface area contributed by atoms with Crippen LogP contribution in [0.15, 0.2) is 45.6 Å². The van der Waals surface area contributed by atoms with Gasteiger partial charge in [-0.1, -0.05) is 25.1 Å². The number of nitriles is 1. The van der Waals surface area contributed by atoms with Gasteiger partial charge in [-0.3, -0.25) is 9.36 Å². The number of carbonyl (C=O) groups excluding carboxylic acids is 1. The number of halogens is 1. The van der Waals surface area contributed by atoms with Crippen molar-refractivity contribution in [3.05, 3.63) is 58.3 Å². The lowest BCUT2D eigenvalue weighted by Crippen LogP contribution is -2.49. The number of amides is 1. The summed E-state index contributed by atoms with van der Waals surface area (Å²) >= 11 is 0. The van der Waals surface area contributed by atoms with E-state index in [1.54, 1.807) is 44.3 Å². The molecule has 1 unspecified atom stereocenters. The van der Waals surface area contributed by atoms with Crippen LogP contribution in [-0.2, 0) is 23.0 Å². The number of carbonyl (C=O) groups is 1. The predicted octanol–water partition coefficient (Wildman–Crippen LogP) is 3.30. The minimum Gasteiger partial charge on any atom is -0.408 e. The van der Waals surface area contributed by atoms with Gasteiger partial charge in [0.05, 0.1) is 11.6 Å². The van der Waals surface area contributed by atoms with E-state index in [1.807, 2.05) is 13.0 Å². The third-order valence-electron chi connectivity index (χ3n) is 5.67. The molecule has 0 radical (unpaired) electrons. The molecule has 1 N–H and O–H groups in total. The highest BCUT2D eigenvalue weighted by Crippen LogP contribution is 2.26. The number of hydrogen-bond donors (Lipinski definition) is 1. The van der Waals surface area contributed by atoms with Crippen molar-refractivity contribution < 1.29 is 18.3 Å². The highest BCUT2D eigenvalue weighted by molar-refractivity contribution is 5.85. The summed E-state index contributed by atoms with van der Waals surface area (Å²) in [7, 11) is 3.03. The van der Waals surface area contributed by atoms with Gasteiger partial charge in [-0.05, 0) is 48.2 Å². The van der Waals surface area contributed by atoms with Crippen LogP contribution in [0.2, 0.25) is 0 Å². The molecule has 0 saturated heterocycles. The first-order valence-corrected chi connectivity index (χ1v) is 9.86. The largest absolute Gasteiger partial charge is 0.419 e. The normalized spacial score (nSPS) is 14.1. The monoisotopic (exact) mass is 425 g/mol. The van der Waals surface area contributed by atoms with Crippen LogP contribution in [-0.4, -0.2) is 29.2 Å². The number of ether oxygens (including phenoxy) is 1. The number of hydrogen-bond acceptors (Lipinski definition) is 5. The Kier molecular flexibility index (Phi) is 6.27. The number of aryl methyl sites for hydroxylation is 1. The SMILES string of the molecule is CCC(C)(OC)C(=O)N[C@H](C#N)Cc1ccc(-c2ccc3oc(=O)n(C)c3c2)cc1F. The summed E-state index contributed by atoms with van der Waals surface area (Å²) in [4.78, 5) is 24.1. The fourth-order valence-electron chi connectivity index (χ4n) is 3.26. The minimum absolute atomic E-state index is 0.0210.